The van der Waals surface area contributed by atoms with Gasteiger partial charge in [-0.1, -0.05) is 31.2 Å². The minimum absolute atomic E-state index is 0.285. The van der Waals surface area contributed by atoms with Gasteiger partial charge in [-0.25, -0.2) is 0 Å². The van der Waals surface area contributed by atoms with E-state index in [2.05, 4.69) is 74.6 Å². The van der Waals surface area contributed by atoms with E-state index in [0.717, 1.165) is 44.0 Å². The van der Waals surface area contributed by atoms with Gasteiger partial charge in [0.15, 0.2) is 5.96 Å². The number of aromatic nitrogens is 2. The van der Waals surface area contributed by atoms with Gasteiger partial charge in [-0.15, -0.1) is 0 Å². The molecule has 1 aromatic heterocycles. The molecule has 5 nitrogen and oxygen atoms in total. The van der Waals surface area contributed by atoms with Crippen LogP contribution in [-0.2, 0) is 26.3 Å². The standard InChI is InChI=1S/C22H35N5/c1-7-19-9-11-20(12-10-19)13-14-24-22(23-8-2)25-16(3)15-21-17(4)26-27(6)18(21)5/h9-12,16H,7-8,13-15H2,1-6H3,(H2,23,24,25). The highest BCUT2D eigenvalue weighted by atomic mass is 15.3. The van der Waals surface area contributed by atoms with E-state index in [1.807, 2.05) is 11.7 Å². The Morgan fingerprint density at radius 3 is 2.37 bits per heavy atom. The van der Waals surface area contributed by atoms with Gasteiger partial charge >= 0.3 is 0 Å². The molecule has 0 aliphatic rings. The highest BCUT2D eigenvalue weighted by Gasteiger charge is 2.13. The zero-order valence-corrected chi connectivity index (χ0v) is 17.8. The van der Waals surface area contributed by atoms with E-state index in [0.29, 0.717) is 0 Å². The Kier molecular flexibility index (Phi) is 7.89. The first kappa shape index (κ1) is 21.0. The van der Waals surface area contributed by atoms with Crippen molar-refractivity contribution in [1.29, 1.82) is 0 Å². The van der Waals surface area contributed by atoms with Crippen LogP contribution in [0.1, 0.15) is 48.8 Å². The van der Waals surface area contributed by atoms with Gasteiger partial charge in [0.05, 0.1) is 5.69 Å². The summed E-state index contributed by atoms with van der Waals surface area (Å²) in [7, 11) is 2.00. The zero-order chi connectivity index (χ0) is 19.8. The summed E-state index contributed by atoms with van der Waals surface area (Å²) < 4.78 is 1.96. The van der Waals surface area contributed by atoms with Gasteiger partial charge in [-0.3, -0.25) is 9.67 Å². The summed E-state index contributed by atoms with van der Waals surface area (Å²) in [6.45, 7) is 12.3. The van der Waals surface area contributed by atoms with E-state index in [4.69, 9.17) is 4.99 Å². The fourth-order valence-electron chi connectivity index (χ4n) is 3.26. The topological polar surface area (TPSA) is 54.2 Å². The molecule has 2 aromatic rings. The minimum atomic E-state index is 0.285. The molecule has 0 aliphatic carbocycles. The van der Waals surface area contributed by atoms with Crippen molar-refractivity contribution in [2.24, 2.45) is 12.0 Å². The summed E-state index contributed by atoms with van der Waals surface area (Å²) in [4.78, 5) is 4.76. The molecule has 5 heteroatoms. The van der Waals surface area contributed by atoms with Crippen LogP contribution >= 0.6 is 0 Å². The van der Waals surface area contributed by atoms with Gasteiger partial charge in [-0.05, 0) is 63.6 Å². The van der Waals surface area contributed by atoms with Crippen LogP contribution in [0, 0.1) is 13.8 Å². The lowest BCUT2D eigenvalue weighted by molar-refractivity contribution is 0.635. The van der Waals surface area contributed by atoms with Crippen molar-refractivity contribution in [2.75, 3.05) is 13.1 Å². The van der Waals surface area contributed by atoms with Crippen molar-refractivity contribution in [3.63, 3.8) is 0 Å². The molecule has 0 fully saturated rings. The molecule has 0 radical (unpaired) electrons. The molecule has 1 atom stereocenters. The number of hydrogen-bond acceptors (Lipinski definition) is 2. The third kappa shape index (κ3) is 6.12. The predicted octanol–water partition coefficient (Wildman–Crippen LogP) is 3.33. The second kappa shape index (κ2) is 10.1. The van der Waals surface area contributed by atoms with Crippen molar-refractivity contribution >= 4 is 5.96 Å². The molecule has 148 valence electrons. The number of benzene rings is 1. The maximum absolute atomic E-state index is 4.76. The molecule has 1 aromatic carbocycles. The maximum Gasteiger partial charge on any atom is 0.191 e. The Morgan fingerprint density at radius 1 is 1.15 bits per heavy atom. The van der Waals surface area contributed by atoms with Crippen LogP contribution in [0.25, 0.3) is 0 Å². The number of aliphatic imine (C=N–C) groups is 1. The molecular weight excluding hydrogens is 334 g/mol. The average Bonchev–Trinajstić information content (AvgIpc) is 2.88. The quantitative estimate of drug-likeness (QED) is 0.554. The second-order valence-electron chi connectivity index (χ2n) is 7.20. The summed E-state index contributed by atoms with van der Waals surface area (Å²) in [5.74, 6) is 0.884. The van der Waals surface area contributed by atoms with Crippen molar-refractivity contribution in [3.8, 4) is 0 Å². The van der Waals surface area contributed by atoms with Crippen molar-refractivity contribution in [3.05, 3.63) is 52.3 Å². The fraction of sp³-hybridized carbons (Fsp3) is 0.545. The Bertz CT molecular complexity index is 743. The monoisotopic (exact) mass is 369 g/mol. The van der Waals surface area contributed by atoms with Crippen LogP contribution in [0.4, 0.5) is 0 Å². The summed E-state index contributed by atoms with van der Waals surface area (Å²) >= 11 is 0. The molecule has 0 aliphatic heterocycles. The van der Waals surface area contributed by atoms with E-state index >= 15 is 0 Å². The van der Waals surface area contributed by atoms with Crippen LogP contribution in [0.3, 0.4) is 0 Å². The lowest BCUT2D eigenvalue weighted by atomic mass is 10.1. The average molecular weight is 370 g/mol. The van der Waals surface area contributed by atoms with Crippen LogP contribution in [0.15, 0.2) is 29.3 Å². The minimum Gasteiger partial charge on any atom is -0.357 e. The Balaban J connectivity index is 1.93. The zero-order valence-electron chi connectivity index (χ0n) is 17.8. The van der Waals surface area contributed by atoms with Crippen LogP contribution in [-0.4, -0.2) is 34.9 Å². The van der Waals surface area contributed by atoms with Gasteiger partial charge in [0, 0.05) is 31.9 Å². The van der Waals surface area contributed by atoms with Gasteiger partial charge in [-0.2, -0.15) is 5.10 Å². The molecule has 1 heterocycles. The van der Waals surface area contributed by atoms with E-state index in [-0.39, 0.29) is 6.04 Å². The lowest BCUT2D eigenvalue weighted by Crippen LogP contribution is -2.43. The normalized spacial score (nSPS) is 12.9. The smallest absolute Gasteiger partial charge is 0.191 e. The predicted molar refractivity (Wildman–Crippen MR) is 114 cm³/mol. The molecule has 2 N–H and O–H groups in total. The maximum atomic E-state index is 4.76. The van der Waals surface area contributed by atoms with Gasteiger partial charge in [0.25, 0.3) is 0 Å². The number of rotatable bonds is 8. The van der Waals surface area contributed by atoms with Crippen LogP contribution in [0.2, 0.25) is 0 Å². The largest absolute Gasteiger partial charge is 0.357 e. The van der Waals surface area contributed by atoms with E-state index in [1.54, 1.807) is 0 Å². The highest BCUT2D eigenvalue weighted by molar-refractivity contribution is 5.80. The van der Waals surface area contributed by atoms with Crippen molar-refractivity contribution in [1.82, 2.24) is 20.4 Å². The molecule has 2 rings (SSSR count). The Labute approximate surface area is 164 Å². The van der Waals surface area contributed by atoms with Crippen LogP contribution in [0.5, 0.6) is 0 Å². The summed E-state index contributed by atoms with van der Waals surface area (Å²) in [5.41, 5.74) is 6.39. The summed E-state index contributed by atoms with van der Waals surface area (Å²) in [6, 6.07) is 9.14. The molecule has 0 saturated carbocycles. The van der Waals surface area contributed by atoms with Crippen LogP contribution < -0.4 is 10.6 Å². The first-order valence-electron chi connectivity index (χ1n) is 10.1. The third-order valence-corrected chi connectivity index (χ3v) is 5.00. The number of guanidine groups is 1. The molecular formula is C22H35N5. The molecule has 0 spiro atoms. The fourth-order valence-corrected chi connectivity index (χ4v) is 3.26. The molecule has 1 unspecified atom stereocenters. The molecule has 0 saturated heterocycles. The van der Waals surface area contributed by atoms with E-state index in [1.165, 1.54) is 22.4 Å². The Hall–Kier alpha value is -2.30. The van der Waals surface area contributed by atoms with E-state index in [9.17, 15) is 0 Å². The number of nitrogens with zero attached hydrogens (tertiary/aromatic N) is 3. The molecule has 27 heavy (non-hydrogen) atoms. The first-order valence-corrected chi connectivity index (χ1v) is 10.1. The van der Waals surface area contributed by atoms with Gasteiger partial charge < -0.3 is 10.6 Å². The van der Waals surface area contributed by atoms with E-state index < -0.39 is 0 Å². The summed E-state index contributed by atoms with van der Waals surface area (Å²) in [5, 5.41) is 11.4. The molecule has 0 amide bonds. The van der Waals surface area contributed by atoms with Crippen molar-refractivity contribution < 1.29 is 0 Å². The van der Waals surface area contributed by atoms with Gasteiger partial charge in [0.1, 0.15) is 0 Å². The lowest BCUT2D eigenvalue weighted by Gasteiger charge is -2.18. The van der Waals surface area contributed by atoms with Gasteiger partial charge in [0.2, 0.25) is 0 Å². The third-order valence-electron chi connectivity index (χ3n) is 5.00. The second-order valence-corrected chi connectivity index (χ2v) is 7.20. The van der Waals surface area contributed by atoms with Crippen molar-refractivity contribution in [2.45, 2.75) is 59.9 Å². The SMILES string of the molecule is CCNC(=NCCc1ccc(CC)cc1)NC(C)Cc1c(C)nn(C)c1C. The number of hydrogen-bond donors (Lipinski definition) is 2. The number of aryl methyl sites for hydroxylation is 3. The highest BCUT2D eigenvalue weighted by Crippen LogP contribution is 2.14. The number of nitrogens with one attached hydrogen (secondary N) is 2. The molecule has 0 bridgehead atoms. The first-order chi connectivity index (χ1) is 12.9. The summed E-state index contributed by atoms with van der Waals surface area (Å²) in [6.07, 6.45) is 2.98. The Morgan fingerprint density at radius 2 is 1.81 bits per heavy atom.